The molecular formula is C14H19ClN4O2. The van der Waals surface area contributed by atoms with Gasteiger partial charge in [0.1, 0.15) is 17.5 Å². The van der Waals surface area contributed by atoms with E-state index in [4.69, 9.17) is 16.8 Å². The summed E-state index contributed by atoms with van der Waals surface area (Å²) in [7, 11) is 0. The van der Waals surface area contributed by atoms with Gasteiger partial charge in [0.25, 0.3) is 5.91 Å². The van der Waals surface area contributed by atoms with Gasteiger partial charge in [-0.05, 0) is 31.4 Å². The van der Waals surface area contributed by atoms with Crippen molar-refractivity contribution in [1.29, 1.82) is 0 Å². The Hall–Kier alpha value is -1.79. The van der Waals surface area contributed by atoms with Gasteiger partial charge in [-0.3, -0.25) is 10.0 Å². The Kier molecular flexibility index (Phi) is 4.69. The number of fused-ring (bicyclic) bond motifs is 1. The zero-order chi connectivity index (χ0) is 15.6. The molecule has 1 unspecified atom stereocenters. The van der Waals surface area contributed by atoms with Gasteiger partial charge in [-0.2, -0.15) is 0 Å². The summed E-state index contributed by atoms with van der Waals surface area (Å²) in [5, 5.41) is 12.3. The van der Waals surface area contributed by atoms with Gasteiger partial charge in [0.2, 0.25) is 0 Å². The van der Waals surface area contributed by atoms with Crippen LogP contribution in [-0.2, 0) is 11.2 Å². The van der Waals surface area contributed by atoms with Crippen LogP contribution < -0.4 is 10.8 Å². The number of carbonyl (C=O) groups excluding carboxylic acids is 1. The maximum absolute atomic E-state index is 11.4. The molecule has 0 fully saturated rings. The van der Waals surface area contributed by atoms with Gasteiger partial charge in [0, 0.05) is 6.20 Å². The summed E-state index contributed by atoms with van der Waals surface area (Å²) in [5.74, 6) is 0.536. The maximum atomic E-state index is 11.4. The van der Waals surface area contributed by atoms with Crippen molar-refractivity contribution in [2.75, 3.05) is 5.32 Å². The molecule has 21 heavy (non-hydrogen) atoms. The molecule has 0 saturated carbocycles. The van der Waals surface area contributed by atoms with E-state index in [1.54, 1.807) is 18.5 Å². The number of amides is 1. The molecule has 0 bridgehead atoms. The first kappa shape index (κ1) is 15.6. The Morgan fingerprint density at radius 3 is 2.76 bits per heavy atom. The van der Waals surface area contributed by atoms with Crippen LogP contribution in [0, 0.1) is 5.92 Å². The summed E-state index contributed by atoms with van der Waals surface area (Å²) in [4.78, 5) is 15.9. The molecule has 0 aliphatic carbocycles. The lowest BCUT2D eigenvalue weighted by Gasteiger charge is -2.13. The minimum absolute atomic E-state index is 0.423. The van der Waals surface area contributed by atoms with E-state index in [0.29, 0.717) is 16.8 Å². The number of hydrogen-bond donors (Lipinski definition) is 3. The highest BCUT2D eigenvalue weighted by atomic mass is 35.5. The SMILES string of the molecule is CC(C)Cc1c(NC(C)C(=O)NO)nc2ccc(Cl)cn12. The minimum Gasteiger partial charge on any atom is -0.357 e. The Morgan fingerprint density at radius 2 is 2.14 bits per heavy atom. The van der Waals surface area contributed by atoms with Crippen molar-refractivity contribution < 1.29 is 10.0 Å². The largest absolute Gasteiger partial charge is 0.357 e. The number of nitrogens with one attached hydrogen (secondary N) is 2. The first-order chi connectivity index (χ1) is 9.92. The number of anilines is 1. The van der Waals surface area contributed by atoms with Crippen molar-refractivity contribution in [2.45, 2.75) is 33.2 Å². The van der Waals surface area contributed by atoms with Crippen molar-refractivity contribution in [3.8, 4) is 0 Å². The van der Waals surface area contributed by atoms with E-state index in [1.165, 1.54) is 0 Å². The molecule has 0 aromatic carbocycles. The van der Waals surface area contributed by atoms with E-state index >= 15 is 0 Å². The van der Waals surface area contributed by atoms with Crippen LogP contribution in [-0.4, -0.2) is 26.5 Å². The molecule has 0 aliphatic heterocycles. The van der Waals surface area contributed by atoms with Crippen molar-refractivity contribution in [3.05, 3.63) is 29.0 Å². The lowest BCUT2D eigenvalue weighted by molar-refractivity contribution is -0.129. The molecule has 6 nitrogen and oxygen atoms in total. The van der Waals surface area contributed by atoms with E-state index in [9.17, 15) is 4.79 Å². The van der Waals surface area contributed by atoms with Gasteiger partial charge in [0.15, 0.2) is 0 Å². The smallest absolute Gasteiger partial charge is 0.265 e. The molecule has 2 aromatic heterocycles. The zero-order valence-electron chi connectivity index (χ0n) is 12.2. The number of hydroxylamine groups is 1. The number of nitrogens with zero attached hydrogens (tertiary/aromatic N) is 2. The highest BCUT2D eigenvalue weighted by Crippen LogP contribution is 2.23. The van der Waals surface area contributed by atoms with E-state index in [0.717, 1.165) is 17.8 Å². The van der Waals surface area contributed by atoms with E-state index in [-0.39, 0.29) is 0 Å². The molecule has 0 saturated heterocycles. The summed E-state index contributed by atoms with van der Waals surface area (Å²) in [5.41, 5.74) is 3.35. The fourth-order valence-corrected chi connectivity index (χ4v) is 2.29. The van der Waals surface area contributed by atoms with Crippen LogP contribution in [0.2, 0.25) is 5.02 Å². The highest BCUT2D eigenvalue weighted by molar-refractivity contribution is 6.30. The maximum Gasteiger partial charge on any atom is 0.265 e. The number of hydrogen-bond acceptors (Lipinski definition) is 4. The third-order valence-corrected chi connectivity index (χ3v) is 3.36. The zero-order valence-corrected chi connectivity index (χ0v) is 13.0. The van der Waals surface area contributed by atoms with Crippen molar-refractivity contribution >= 4 is 29.0 Å². The fourth-order valence-electron chi connectivity index (χ4n) is 2.13. The molecule has 114 valence electrons. The van der Waals surface area contributed by atoms with Crippen LogP contribution in [0.5, 0.6) is 0 Å². The summed E-state index contributed by atoms with van der Waals surface area (Å²) >= 11 is 6.05. The number of pyridine rings is 1. The van der Waals surface area contributed by atoms with Crippen molar-refractivity contribution in [3.63, 3.8) is 0 Å². The molecule has 1 amide bonds. The van der Waals surface area contributed by atoms with E-state index in [2.05, 4.69) is 24.1 Å². The third kappa shape index (κ3) is 3.46. The van der Waals surface area contributed by atoms with Crippen LogP contribution in [0.15, 0.2) is 18.3 Å². The lowest BCUT2D eigenvalue weighted by atomic mass is 10.1. The standard InChI is InChI=1S/C14H19ClN4O2/c1-8(2)6-11-13(16-9(3)14(20)18-21)17-12-5-4-10(15)7-19(11)12/h4-5,7-9,16,21H,6H2,1-3H3,(H,18,20). The monoisotopic (exact) mass is 310 g/mol. The lowest BCUT2D eigenvalue weighted by Crippen LogP contribution is -2.36. The first-order valence-electron chi connectivity index (χ1n) is 6.79. The Bertz CT molecular complexity index is 654. The molecule has 0 spiro atoms. The summed E-state index contributed by atoms with van der Waals surface area (Å²) in [6, 6.07) is 3.01. The van der Waals surface area contributed by atoms with Gasteiger partial charge in [0.05, 0.1) is 10.7 Å². The quantitative estimate of drug-likeness (QED) is 0.585. The molecule has 2 aromatic rings. The molecule has 2 heterocycles. The van der Waals surface area contributed by atoms with Crippen molar-refractivity contribution in [2.24, 2.45) is 5.92 Å². The number of carbonyl (C=O) groups is 1. The number of imidazole rings is 1. The minimum atomic E-state index is -0.596. The van der Waals surface area contributed by atoms with Crippen molar-refractivity contribution in [1.82, 2.24) is 14.9 Å². The molecule has 3 N–H and O–H groups in total. The van der Waals surface area contributed by atoms with Gasteiger partial charge >= 0.3 is 0 Å². The second-order valence-electron chi connectivity index (χ2n) is 5.42. The Labute approximate surface area is 128 Å². The highest BCUT2D eigenvalue weighted by Gasteiger charge is 2.18. The van der Waals surface area contributed by atoms with Gasteiger partial charge < -0.3 is 9.72 Å². The number of aromatic nitrogens is 2. The molecular weight excluding hydrogens is 292 g/mol. The van der Waals surface area contributed by atoms with Gasteiger partial charge in [-0.25, -0.2) is 10.5 Å². The summed E-state index contributed by atoms with van der Waals surface area (Å²) in [6.45, 7) is 5.87. The third-order valence-electron chi connectivity index (χ3n) is 3.14. The predicted molar refractivity (Wildman–Crippen MR) is 81.8 cm³/mol. The molecule has 7 heteroatoms. The van der Waals surface area contributed by atoms with Crippen LogP contribution >= 0.6 is 11.6 Å². The predicted octanol–water partition coefficient (Wildman–Crippen LogP) is 2.49. The number of rotatable bonds is 5. The molecule has 2 rings (SSSR count). The summed E-state index contributed by atoms with van der Waals surface area (Å²) < 4.78 is 1.92. The van der Waals surface area contributed by atoms with E-state index in [1.807, 2.05) is 16.7 Å². The van der Waals surface area contributed by atoms with Crippen LogP contribution in [0.25, 0.3) is 5.65 Å². The first-order valence-corrected chi connectivity index (χ1v) is 7.17. The van der Waals surface area contributed by atoms with Crippen LogP contribution in [0.1, 0.15) is 26.5 Å². The van der Waals surface area contributed by atoms with E-state index < -0.39 is 11.9 Å². The second-order valence-corrected chi connectivity index (χ2v) is 5.86. The van der Waals surface area contributed by atoms with Crippen LogP contribution in [0.4, 0.5) is 5.82 Å². The van der Waals surface area contributed by atoms with Gasteiger partial charge in [-0.15, -0.1) is 0 Å². The fraction of sp³-hybridized carbons (Fsp3) is 0.429. The summed E-state index contributed by atoms with van der Waals surface area (Å²) in [6.07, 6.45) is 2.60. The van der Waals surface area contributed by atoms with Gasteiger partial charge in [-0.1, -0.05) is 25.4 Å². The molecule has 0 aliphatic rings. The molecule has 0 radical (unpaired) electrons. The van der Waals surface area contributed by atoms with Crippen LogP contribution in [0.3, 0.4) is 0 Å². The Morgan fingerprint density at radius 1 is 1.43 bits per heavy atom. The second kappa shape index (κ2) is 6.32. The Balaban J connectivity index is 2.43. The average molecular weight is 311 g/mol. The number of halogens is 1. The normalized spacial score (nSPS) is 12.7. The topological polar surface area (TPSA) is 78.7 Å². The molecule has 1 atom stereocenters. The average Bonchev–Trinajstić information content (AvgIpc) is 2.75.